The van der Waals surface area contributed by atoms with Gasteiger partial charge >= 0.3 is 5.97 Å². The molecule has 0 saturated heterocycles. The molecule has 1 N–H and O–H groups in total. The van der Waals surface area contributed by atoms with Crippen LogP contribution in [0.15, 0.2) is 22.7 Å². The lowest BCUT2D eigenvalue weighted by atomic mass is 10.2. The van der Waals surface area contributed by atoms with E-state index in [2.05, 4.69) is 15.9 Å². The molecule has 0 aromatic heterocycles. The van der Waals surface area contributed by atoms with Gasteiger partial charge in [0, 0.05) is 16.1 Å². The molecule has 1 aromatic rings. The van der Waals surface area contributed by atoms with Crippen LogP contribution in [0.4, 0.5) is 4.39 Å². The van der Waals surface area contributed by atoms with E-state index in [-0.39, 0.29) is 5.75 Å². The Morgan fingerprint density at radius 2 is 2.27 bits per heavy atom. The van der Waals surface area contributed by atoms with Crippen LogP contribution in [-0.4, -0.2) is 18.2 Å². The van der Waals surface area contributed by atoms with Crippen molar-refractivity contribution in [3.05, 3.63) is 34.1 Å². The highest BCUT2D eigenvalue weighted by Gasteiger charge is 2.08. The van der Waals surface area contributed by atoms with Crippen molar-refractivity contribution >= 4 is 28.0 Å². The van der Waals surface area contributed by atoms with Gasteiger partial charge in [-0.05, 0) is 18.2 Å². The molecular formula is C10H8BrFO3. The van der Waals surface area contributed by atoms with E-state index in [1.165, 1.54) is 19.3 Å². The second-order valence-electron chi connectivity index (χ2n) is 2.68. The first-order valence-electron chi connectivity index (χ1n) is 3.98. The summed E-state index contributed by atoms with van der Waals surface area (Å²) in [5.74, 6) is -1.62. The van der Waals surface area contributed by atoms with Crippen molar-refractivity contribution in [2.24, 2.45) is 0 Å². The van der Waals surface area contributed by atoms with Crippen molar-refractivity contribution < 1.29 is 19.0 Å². The van der Waals surface area contributed by atoms with Crippen molar-refractivity contribution in [3.8, 4) is 5.75 Å². The van der Waals surface area contributed by atoms with Gasteiger partial charge in [-0.3, -0.25) is 0 Å². The summed E-state index contributed by atoms with van der Waals surface area (Å²) in [4.78, 5) is 10.3. The predicted octanol–water partition coefficient (Wildman–Crippen LogP) is 2.69. The number of benzene rings is 1. The topological polar surface area (TPSA) is 46.5 Å². The summed E-state index contributed by atoms with van der Waals surface area (Å²) >= 11 is 3.11. The molecule has 0 bridgehead atoms. The number of methoxy groups -OCH3 is 1. The van der Waals surface area contributed by atoms with E-state index in [0.717, 1.165) is 6.08 Å². The number of halogens is 2. The first-order chi connectivity index (χ1) is 7.04. The summed E-state index contributed by atoms with van der Waals surface area (Å²) in [7, 11) is 1.32. The molecule has 5 heteroatoms. The smallest absolute Gasteiger partial charge is 0.328 e. The van der Waals surface area contributed by atoms with Crippen molar-refractivity contribution in [1.29, 1.82) is 0 Å². The fourth-order valence-electron chi connectivity index (χ4n) is 1.08. The number of hydrogen-bond donors (Lipinski definition) is 1. The number of carboxylic acids is 1. The molecule has 0 radical (unpaired) electrons. The lowest BCUT2D eigenvalue weighted by Gasteiger charge is -2.06. The van der Waals surface area contributed by atoms with Crippen LogP contribution in [0.1, 0.15) is 5.56 Å². The summed E-state index contributed by atoms with van der Waals surface area (Å²) in [6.07, 6.45) is 2.19. The summed E-state index contributed by atoms with van der Waals surface area (Å²) in [6.45, 7) is 0. The second kappa shape index (κ2) is 4.93. The van der Waals surface area contributed by atoms with E-state index >= 15 is 0 Å². The minimum Gasteiger partial charge on any atom is -0.493 e. The molecule has 0 fully saturated rings. The number of hydrogen-bond acceptors (Lipinski definition) is 2. The van der Waals surface area contributed by atoms with Gasteiger partial charge in [0.05, 0.1) is 7.11 Å². The van der Waals surface area contributed by atoms with Gasteiger partial charge in [0.15, 0.2) is 11.6 Å². The minimum atomic E-state index is -1.10. The summed E-state index contributed by atoms with van der Waals surface area (Å²) in [5, 5.41) is 8.44. The Morgan fingerprint density at radius 3 is 2.80 bits per heavy atom. The number of aliphatic carboxylic acids is 1. The van der Waals surface area contributed by atoms with Gasteiger partial charge in [-0.1, -0.05) is 15.9 Å². The van der Waals surface area contributed by atoms with Crippen LogP contribution < -0.4 is 4.74 Å². The fourth-order valence-corrected chi connectivity index (χ4v) is 1.53. The molecule has 0 spiro atoms. The maximum atomic E-state index is 13.3. The molecule has 3 nitrogen and oxygen atoms in total. The SMILES string of the molecule is COc1c(F)cc(Br)cc1C=CC(=O)O. The third-order valence-electron chi connectivity index (χ3n) is 1.65. The van der Waals surface area contributed by atoms with E-state index in [1.54, 1.807) is 6.07 Å². The number of carbonyl (C=O) groups is 1. The summed E-state index contributed by atoms with van der Waals surface area (Å²) in [5.41, 5.74) is 0.367. The Bertz CT molecular complexity index is 415. The summed E-state index contributed by atoms with van der Waals surface area (Å²) < 4.78 is 18.6. The van der Waals surface area contributed by atoms with Gasteiger partial charge in [-0.25, -0.2) is 9.18 Å². The lowest BCUT2D eigenvalue weighted by Crippen LogP contribution is -1.93. The van der Waals surface area contributed by atoms with Gasteiger partial charge in [0.1, 0.15) is 0 Å². The van der Waals surface area contributed by atoms with Gasteiger partial charge in [0.25, 0.3) is 0 Å². The highest BCUT2D eigenvalue weighted by Crippen LogP contribution is 2.27. The molecule has 0 aliphatic carbocycles. The van der Waals surface area contributed by atoms with E-state index in [1.807, 2.05) is 0 Å². The van der Waals surface area contributed by atoms with Crippen molar-refractivity contribution in [1.82, 2.24) is 0 Å². The number of ether oxygens (including phenoxy) is 1. The maximum Gasteiger partial charge on any atom is 0.328 e. The van der Waals surface area contributed by atoms with E-state index in [4.69, 9.17) is 9.84 Å². The molecule has 0 aliphatic rings. The number of carboxylic acid groups (broad SMARTS) is 1. The van der Waals surface area contributed by atoms with Crippen molar-refractivity contribution in [3.63, 3.8) is 0 Å². The fraction of sp³-hybridized carbons (Fsp3) is 0.100. The Labute approximate surface area is 94.3 Å². The molecule has 0 saturated carbocycles. The van der Waals surface area contributed by atoms with Crippen LogP contribution in [0, 0.1) is 5.82 Å². The summed E-state index contributed by atoms with van der Waals surface area (Å²) in [6, 6.07) is 2.82. The number of rotatable bonds is 3. The highest BCUT2D eigenvalue weighted by molar-refractivity contribution is 9.10. The maximum absolute atomic E-state index is 13.3. The molecule has 0 amide bonds. The first-order valence-corrected chi connectivity index (χ1v) is 4.78. The van der Waals surface area contributed by atoms with Crippen molar-refractivity contribution in [2.45, 2.75) is 0 Å². The van der Waals surface area contributed by atoms with E-state index < -0.39 is 11.8 Å². The molecule has 1 rings (SSSR count). The zero-order chi connectivity index (χ0) is 11.4. The van der Waals surface area contributed by atoms with Gasteiger partial charge < -0.3 is 9.84 Å². The Hall–Kier alpha value is -1.36. The average Bonchev–Trinajstić information content (AvgIpc) is 2.13. The Balaban J connectivity index is 3.20. The molecule has 0 heterocycles. The quantitative estimate of drug-likeness (QED) is 0.863. The van der Waals surface area contributed by atoms with Crippen LogP contribution in [0.5, 0.6) is 5.75 Å². The van der Waals surface area contributed by atoms with E-state index in [9.17, 15) is 9.18 Å². The Kier molecular flexibility index (Phi) is 3.85. The molecule has 1 aromatic carbocycles. The molecule has 15 heavy (non-hydrogen) atoms. The molecule has 0 aliphatic heterocycles. The molecule has 80 valence electrons. The molecule has 0 atom stereocenters. The third kappa shape index (κ3) is 3.06. The highest BCUT2D eigenvalue weighted by atomic mass is 79.9. The third-order valence-corrected chi connectivity index (χ3v) is 2.10. The first kappa shape index (κ1) is 11.7. The van der Waals surface area contributed by atoms with Crippen molar-refractivity contribution in [2.75, 3.05) is 7.11 Å². The standard InChI is InChI=1S/C10H8BrFO3/c1-15-10-6(2-3-9(13)14)4-7(11)5-8(10)12/h2-5H,1H3,(H,13,14). The lowest BCUT2D eigenvalue weighted by molar-refractivity contribution is -0.131. The Morgan fingerprint density at radius 1 is 1.60 bits per heavy atom. The zero-order valence-electron chi connectivity index (χ0n) is 7.83. The van der Waals surface area contributed by atoms with Crippen LogP contribution in [0.3, 0.4) is 0 Å². The van der Waals surface area contributed by atoms with E-state index in [0.29, 0.717) is 10.0 Å². The molecular weight excluding hydrogens is 267 g/mol. The minimum absolute atomic E-state index is 0.0238. The van der Waals surface area contributed by atoms with Crippen LogP contribution in [0.2, 0.25) is 0 Å². The van der Waals surface area contributed by atoms with Crippen LogP contribution >= 0.6 is 15.9 Å². The average molecular weight is 275 g/mol. The van der Waals surface area contributed by atoms with Gasteiger partial charge in [0.2, 0.25) is 0 Å². The molecule has 0 unspecified atom stereocenters. The largest absolute Gasteiger partial charge is 0.493 e. The predicted molar refractivity (Wildman–Crippen MR) is 57.3 cm³/mol. The van der Waals surface area contributed by atoms with Gasteiger partial charge in [-0.2, -0.15) is 0 Å². The zero-order valence-corrected chi connectivity index (χ0v) is 9.42. The van der Waals surface area contributed by atoms with Crippen LogP contribution in [-0.2, 0) is 4.79 Å². The second-order valence-corrected chi connectivity index (χ2v) is 3.60. The van der Waals surface area contributed by atoms with Crippen LogP contribution in [0.25, 0.3) is 6.08 Å². The monoisotopic (exact) mass is 274 g/mol. The normalized spacial score (nSPS) is 10.6. The van der Waals surface area contributed by atoms with Gasteiger partial charge in [-0.15, -0.1) is 0 Å².